The normalized spacial score (nSPS) is 11.1. The quantitative estimate of drug-likeness (QED) is 0.710. The number of rotatable bonds is 7. The Balaban J connectivity index is 1.73. The molecular weight excluding hydrogens is 302 g/mol. The number of hydrogen-bond acceptors (Lipinski definition) is 4. The van der Waals surface area contributed by atoms with Crippen molar-refractivity contribution in [1.29, 1.82) is 0 Å². The summed E-state index contributed by atoms with van der Waals surface area (Å²) in [6.07, 6.45) is 3.82. The topological polar surface area (TPSA) is 48.4 Å². The highest BCUT2D eigenvalue weighted by Gasteiger charge is 2.15. The number of aryl methyl sites for hydroxylation is 1. The molecule has 0 spiro atoms. The summed E-state index contributed by atoms with van der Waals surface area (Å²) in [7, 11) is 0. The van der Waals surface area contributed by atoms with Crippen LogP contribution in [0, 0.1) is 0 Å². The van der Waals surface area contributed by atoms with Crippen LogP contribution in [-0.4, -0.2) is 16.6 Å². The molecule has 1 aromatic heterocycles. The van der Waals surface area contributed by atoms with Gasteiger partial charge in [0, 0.05) is 12.6 Å². The monoisotopic (exact) mass is 327 g/mol. The number of carbonyl (C=O) groups is 1. The molecule has 24 heavy (non-hydrogen) atoms. The average Bonchev–Trinajstić information content (AvgIpc) is 2.53. The highest BCUT2D eigenvalue weighted by molar-refractivity contribution is 5.69. The molecule has 1 aromatic carbocycles. The molecule has 0 N–H and O–H groups in total. The summed E-state index contributed by atoms with van der Waals surface area (Å²) in [6, 6.07) is 13.7. The highest BCUT2D eigenvalue weighted by atomic mass is 16.6. The van der Waals surface area contributed by atoms with E-state index < -0.39 is 5.60 Å². The van der Waals surface area contributed by atoms with Gasteiger partial charge < -0.3 is 9.47 Å². The van der Waals surface area contributed by atoms with E-state index >= 15 is 0 Å². The Morgan fingerprint density at radius 1 is 1.08 bits per heavy atom. The van der Waals surface area contributed by atoms with Crippen LogP contribution in [0.2, 0.25) is 0 Å². The predicted molar refractivity (Wildman–Crippen MR) is 93.8 cm³/mol. The summed E-state index contributed by atoms with van der Waals surface area (Å²) in [5.41, 5.74) is 1.67. The molecule has 0 atom stereocenters. The van der Waals surface area contributed by atoms with Gasteiger partial charge in [-0.1, -0.05) is 18.2 Å². The minimum absolute atomic E-state index is 0.141. The molecule has 0 amide bonds. The van der Waals surface area contributed by atoms with Crippen LogP contribution < -0.4 is 4.74 Å². The maximum atomic E-state index is 11.7. The number of nitrogens with zero attached hydrogens (tertiary/aromatic N) is 1. The van der Waals surface area contributed by atoms with E-state index in [1.54, 1.807) is 6.20 Å². The number of carbonyl (C=O) groups excluding carboxylic acids is 1. The zero-order valence-electron chi connectivity index (χ0n) is 14.6. The average molecular weight is 327 g/mol. The number of hydrogen-bond donors (Lipinski definition) is 0. The molecule has 0 aliphatic rings. The first-order chi connectivity index (χ1) is 11.4. The van der Waals surface area contributed by atoms with E-state index in [1.807, 2.05) is 63.2 Å². The minimum atomic E-state index is -0.413. The fourth-order valence-corrected chi connectivity index (χ4v) is 2.22. The third-order valence-corrected chi connectivity index (χ3v) is 3.30. The smallest absolute Gasteiger partial charge is 0.306 e. The van der Waals surface area contributed by atoms with E-state index in [4.69, 9.17) is 9.47 Å². The van der Waals surface area contributed by atoms with Crippen molar-refractivity contribution in [3.05, 3.63) is 59.9 Å². The van der Waals surface area contributed by atoms with Gasteiger partial charge in [-0.05, 0) is 63.4 Å². The Morgan fingerprint density at radius 2 is 1.83 bits per heavy atom. The third kappa shape index (κ3) is 6.82. The maximum Gasteiger partial charge on any atom is 0.306 e. The Morgan fingerprint density at radius 3 is 2.46 bits per heavy atom. The van der Waals surface area contributed by atoms with Crippen LogP contribution in [0.15, 0.2) is 48.7 Å². The summed E-state index contributed by atoms with van der Waals surface area (Å²) in [6.45, 7) is 6.11. The number of esters is 1. The fourth-order valence-electron chi connectivity index (χ4n) is 2.22. The third-order valence-electron chi connectivity index (χ3n) is 3.30. The van der Waals surface area contributed by atoms with Crippen molar-refractivity contribution in [1.82, 2.24) is 4.98 Å². The standard InChI is InChI=1S/C20H25NO3/c1-20(2,3)24-19(22)9-6-7-16-10-12-18(13-11-16)23-15-17-8-4-5-14-21-17/h4-5,8,10-14H,6-7,9,15H2,1-3H3. The molecule has 2 rings (SSSR count). The van der Waals surface area contributed by atoms with Gasteiger partial charge in [0.25, 0.3) is 0 Å². The molecule has 4 nitrogen and oxygen atoms in total. The molecule has 0 aliphatic heterocycles. The van der Waals surface area contributed by atoms with Crippen LogP contribution in [0.1, 0.15) is 44.9 Å². The summed E-state index contributed by atoms with van der Waals surface area (Å²) in [5.74, 6) is 0.675. The first kappa shape index (κ1) is 18.0. The second-order valence-corrected chi connectivity index (χ2v) is 6.69. The van der Waals surface area contributed by atoms with E-state index in [0.29, 0.717) is 13.0 Å². The number of aromatic nitrogens is 1. The van der Waals surface area contributed by atoms with Crippen LogP contribution >= 0.6 is 0 Å². The molecule has 128 valence electrons. The lowest BCUT2D eigenvalue weighted by Crippen LogP contribution is -2.23. The summed E-state index contributed by atoms with van der Waals surface area (Å²) in [5, 5.41) is 0. The van der Waals surface area contributed by atoms with E-state index in [-0.39, 0.29) is 5.97 Å². The molecule has 2 aromatic rings. The van der Waals surface area contributed by atoms with E-state index in [2.05, 4.69) is 4.98 Å². The van der Waals surface area contributed by atoms with Crippen LogP contribution in [0.25, 0.3) is 0 Å². The zero-order valence-corrected chi connectivity index (χ0v) is 14.6. The van der Waals surface area contributed by atoms with Gasteiger partial charge in [-0.15, -0.1) is 0 Å². The summed E-state index contributed by atoms with van der Waals surface area (Å²) in [4.78, 5) is 15.9. The van der Waals surface area contributed by atoms with Crippen molar-refractivity contribution in [2.45, 2.75) is 52.2 Å². The SMILES string of the molecule is CC(C)(C)OC(=O)CCCc1ccc(OCc2ccccn2)cc1. The second-order valence-electron chi connectivity index (χ2n) is 6.69. The fraction of sp³-hybridized carbons (Fsp3) is 0.400. The molecule has 0 unspecified atom stereocenters. The van der Waals surface area contributed by atoms with Crippen molar-refractivity contribution in [3.8, 4) is 5.75 Å². The molecule has 0 bridgehead atoms. The van der Waals surface area contributed by atoms with Crippen LogP contribution in [0.5, 0.6) is 5.75 Å². The summed E-state index contributed by atoms with van der Waals surface area (Å²) >= 11 is 0. The largest absolute Gasteiger partial charge is 0.487 e. The van der Waals surface area contributed by atoms with Crippen molar-refractivity contribution >= 4 is 5.97 Å². The lowest BCUT2D eigenvalue weighted by Gasteiger charge is -2.19. The highest BCUT2D eigenvalue weighted by Crippen LogP contribution is 2.16. The lowest BCUT2D eigenvalue weighted by atomic mass is 10.1. The number of benzene rings is 1. The minimum Gasteiger partial charge on any atom is -0.487 e. The van der Waals surface area contributed by atoms with Crippen LogP contribution in [0.4, 0.5) is 0 Å². The molecule has 0 fully saturated rings. The van der Waals surface area contributed by atoms with Crippen molar-refractivity contribution < 1.29 is 14.3 Å². The van der Waals surface area contributed by atoms with Crippen LogP contribution in [-0.2, 0) is 22.6 Å². The molecule has 0 aliphatic carbocycles. The maximum absolute atomic E-state index is 11.7. The predicted octanol–water partition coefficient (Wildman–Crippen LogP) is 4.33. The number of ether oxygens (including phenoxy) is 2. The second kappa shape index (κ2) is 8.48. The molecular formula is C20H25NO3. The van der Waals surface area contributed by atoms with Gasteiger partial charge in [0.1, 0.15) is 18.0 Å². The van der Waals surface area contributed by atoms with E-state index in [0.717, 1.165) is 24.3 Å². The molecule has 0 saturated carbocycles. The number of pyridine rings is 1. The molecule has 4 heteroatoms. The van der Waals surface area contributed by atoms with Gasteiger partial charge in [0.2, 0.25) is 0 Å². The molecule has 1 heterocycles. The van der Waals surface area contributed by atoms with E-state index in [1.165, 1.54) is 5.56 Å². The van der Waals surface area contributed by atoms with Crippen molar-refractivity contribution in [2.75, 3.05) is 0 Å². The van der Waals surface area contributed by atoms with Crippen LogP contribution in [0.3, 0.4) is 0 Å². The van der Waals surface area contributed by atoms with Gasteiger partial charge in [0.15, 0.2) is 0 Å². The van der Waals surface area contributed by atoms with Gasteiger partial charge in [-0.2, -0.15) is 0 Å². The van der Waals surface area contributed by atoms with Crippen molar-refractivity contribution in [3.63, 3.8) is 0 Å². The van der Waals surface area contributed by atoms with Gasteiger partial charge in [0.05, 0.1) is 5.69 Å². The molecule has 0 radical (unpaired) electrons. The first-order valence-corrected chi connectivity index (χ1v) is 8.26. The zero-order chi connectivity index (χ0) is 17.4. The Kier molecular flexibility index (Phi) is 6.36. The Bertz CT molecular complexity index is 630. The first-order valence-electron chi connectivity index (χ1n) is 8.26. The van der Waals surface area contributed by atoms with Crippen molar-refractivity contribution in [2.24, 2.45) is 0 Å². The van der Waals surface area contributed by atoms with Gasteiger partial charge in [-0.3, -0.25) is 9.78 Å². The van der Waals surface area contributed by atoms with Gasteiger partial charge in [-0.25, -0.2) is 0 Å². The Hall–Kier alpha value is -2.36. The summed E-state index contributed by atoms with van der Waals surface area (Å²) < 4.78 is 11.0. The van der Waals surface area contributed by atoms with Gasteiger partial charge >= 0.3 is 5.97 Å². The Labute approximate surface area is 143 Å². The lowest BCUT2D eigenvalue weighted by molar-refractivity contribution is -0.154. The van der Waals surface area contributed by atoms with E-state index in [9.17, 15) is 4.79 Å². The molecule has 0 saturated heterocycles.